The van der Waals surface area contributed by atoms with Crippen molar-refractivity contribution in [2.24, 2.45) is 0 Å². The van der Waals surface area contributed by atoms with Gasteiger partial charge in [0.25, 0.3) is 11.8 Å². The molecule has 1 atom stereocenters. The Morgan fingerprint density at radius 2 is 1.83 bits per heavy atom. The lowest BCUT2D eigenvalue weighted by Gasteiger charge is -2.22. The molecule has 0 spiro atoms. The van der Waals surface area contributed by atoms with Gasteiger partial charge < -0.3 is 9.90 Å². The van der Waals surface area contributed by atoms with Crippen LogP contribution in [0.1, 0.15) is 6.92 Å². The minimum atomic E-state index is -1.44. The number of imide groups is 1. The van der Waals surface area contributed by atoms with E-state index in [0.717, 1.165) is 12.2 Å². The molecule has 0 fully saturated rings. The second-order valence-corrected chi connectivity index (χ2v) is 2.37. The molecule has 5 heteroatoms. The summed E-state index contributed by atoms with van der Waals surface area (Å²) in [5, 5.41) is 10.3. The third-order valence-corrected chi connectivity index (χ3v) is 1.57. The molecule has 64 valence electrons. The van der Waals surface area contributed by atoms with Gasteiger partial charge in [-0.1, -0.05) is 0 Å². The largest absolute Gasteiger partial charge is 0.548 e. The van der Waals surface area contributed by atoms with Crippen LogP contribution in [0.2, 0.25) is 0 Å². The zero-order valence-corrected chi connectivity index (χ0v) is 6.31. The van der Waals surface area contributed by atoms with Crippen LogP contribution in [0.15, 0.2) is 12.2 Å². The Morgan fingerprint density at radius 3 is 2.17 bits per heavy atom. The summed E-state index contributed by atoms with van der Waals surface area (Å²) in [4.78, 5) is 32.6. The van der Waals surface area contributed by atoms with E-state index in [0.29, 0.717) is 4.90 Å². The zero-order chi connectivity index (χ0) is 9.30. The zero-order valence-electron chi connectivity index (χ0n) is 6.31. The van der Waals surface area contributed by atoms with E-state index in [4.69, 9.17) is 0 Å². The van der Waals surface area contributed by atoms with Gasteiger partial charge in [-0.25, -0.2) is 0 Å². The molecule has 0 aliphatic carbocycles. The van der Waals surface area contributed by atoms with E-state index >= 15 is 0 Å². The Bertz CT molecular complexity index is 263. The molecular weight excluding hydrogens is 162 g/mol. The molecule has 0 unspecified atom stereocenters. The van der Waals surface area contributed by atoms with Gasteiger partial charge in [-0.3, -0.25) is 14.5 Å². The molecule has 0 aromatic rings. The number of hydrogen-bond donors (Lipinski definition) is 0. The van der Waals surface area contributed by atoms with Crippen molar-refractivity contribution in [3.05, 3.63) is 12.2 Å². The summed E-state index contributed by atoms with van der Waals surface area (Å²) in [6.45, 7) is 1.22. The first-order valence-electron chi connectivity index (χ1n) is 3.30. The van der Waals surface area contributed by atoms with Crippen molar-refractivity contribution in [3.63, 3.8) is 0 Å². The Labute approximate surface area is 68.3 Å². The smallest absolute Gasteiger partial charge is 0.254 e. The minimum absolute atomic E-state index is 0.614. The van der Waals surface area contributed by atoms with Gasteiger partial charge in [0, 0.05) is 12.2 Å². The maximum atomic E-state index is 10.9. The summed E-state index contributed by atoms with van der Waals surface area (Å²) in [7, 11) is 0. The lowest BCUT2D eigenvalue weighted by molar-refractivity contribution is -0.310. The lowest BCUT2D eigenvalue weighted by Crippen LogP contribution is -2.48. The molecule has 5 nitrogen and oxygen atoms in total. The van der Waals surface area contributed by atoms with Crippen LogP contribution in [0.3, 0.4) is 0 Å². The minimum Gasteiger partial charge on any atom is -0.548 e. The van der Waals surface area contributed by atoms with Crippen LogP contribution < -0.4 is 5.11 Å². The highest BCUT2D eigenvalue weighted by atomic mass is 16.4. The highest BCUT2D eigenvalue weighted by molar-refractivity contribution is 6.14. The molecule has 0 saturated heterocycles. The van der Waals surface area contributed by atoms with E-state index in [1.165, 1.54) is 6.92 Å². The topological polar surface area (TPSA) is 77.5 Å². The summed E-state index contributed by atoms with van der Waals surface area (Å²) in [6.07, 6.45) is 2.06. The van der Waals surface area contributed by atoms with Crippen molar-refractivity contribution in [1.82, 2.24) is 4.90 Å². The highest BCUT2D eigenvalue weighted by Gasteiger charge is 2.28. The molecule has 1 rings (SSSR count). The fraction of sp³-hybridized carbons (Fsp3) is 0.286. The summed E-state index contributed by atoms with van der Waals surface area (Å²) in [5.41, 5.74) is 0. The Balaban J connectivity index is 2.83. The van der Waals surface area contributed by atoms with E-state index in [2.05, 4.69) is 0 Å². The second kappa shape index (κ2) is 2.77. The van der Waals surface area contributed by atoms with E-state index in [-0.39, 0.29) is 0 Å². The molecule has 1 aliphatic rings. The monoisotopic (exact) mass is 168 g/mol. The molecule has 0 saturated carbocycles. The van der Waals surface area contributed by atoms with E-state index in [9.17, 15) is 19.5 Å². The van der Waals surface area contributed by atoms with Crippen LogP contribution in [-0.4, -0.2) is 28.7 Å². The van der Waals surface area contributed by atoms with Gasteiger partial charge in [0.1, 0.15) is 0 Å². The van der Waals surface area contributed by atoms with Crippen molar-refractivity contribution in [1.29, 1.82) is 0 Å². The first kappa shape index (κ1) is 8.45. The number of nitrogens with zero attached hydrogens (tertiary/aromatic N) is 1. The van der Waals surface area contributed by atoms with Crippen LogP contribution in [0.4, 0.5) is 0 Å². The van der Waals surface area contributed by atoms with Crippen molar-refractivity contribution in [2.75, 3.05) is 0 Å². The van der Waals surface area contributed by atoms with Crippen LogP contribution in [0.25, 0.3) is 0 Å². The summed E-state index contributed by atoms with van der Waals surface area (Å²) in [5.74, 6) is -2.67. The molecule has 0 N–H and O–H groups in total. The maximum Gasteiger partial charge on any atom is 0.254 e. The molecule has 0 aromatic heterocycles. The normalized spacial score (nSPS) is 18.6. The lowest BCUT2D eigenvalue weighted by atomic mass is 10.3. The van der Waals surface area contributed by atoms with Crippen molar-refractivity contribution in [3.8, 4) is 0 Å². The number of carboxylic acid groups (broad SMARTS) is 1. The quantitative estimate of drug-likeness (QED) is 0.449. The van der Waals surface area contributed by atoms with Gasteiger partial charge in [-0.15, -0.1) is 0 Å². The van der Waals surface area contributed by atoms with Crippen molar-refractivity contribution < 1.29 is 19.5 Å². The third kappa shape index (κ3) is 1.20. The van der Waals surface area contributed by atoms with Crippen LogP contribution in [0.5, 0.6) is 0 Å². The van der Waals surface area contributed by atoms with Crippen molar-refractivity contribution >= 4 is 17.8 Å². The van der Waals surface area contributed by atoms with Gasteiger partial charge >= 0.3 is 0 Å². The third-order valence-electron chi connectivity index (χ3n) is 1.57. The fourth-order valence-corrected chi connectivity index (χ4v) is 0.899. The number of amides is 2. The van der Waals surface area contributed by atoms with Crippen LogP contribution in [-0.2, 0) is 14.4 Å². The van der Waals surface area contributed by atoms with Gasteiger partial charge in [0.05, 0.1) is 12.0 Å². The molecule has 1 aliphatic heterocycles. The number of carbonyl (C=O) groups excluding carboxylic acids is 3. The molecular formula is C7H6NO4-. The molecule has 2 amide bonds. The molecule has 12 heavy (non-hydrogen) atoms. The SMILES string of the molecule is C[C@H](C(=O)[O-])N1C(=O)C=CC1=O. The second-order valence-electron chi connectivity index (χ2n) is 2.37. The summed E-state index contributed by atoms with van der Waals surface area (Å²) < 4.78 is 0. The number of carboxylic acids is 1. The Morgan fingerprint density at radius 1 is 1.42 bits per heavy atom. The first-order chi connectivity index (χ1) is 5.54. The highest BCUT2D eigenvalue weighted by Crippen LogP contribution is 2.07. The number of aliphatic carboxylic acids is 1. The van der Waals surface area contributed by atoms with Gasteiger partial charge in [0.15, 0.2) is 0 Å². The average molecular weight is 168 g/mol. The van der Waals surface area contributed by atoms with E-state index < -0.39 is 23.8 Å². The first-order valence-corrected chi connectivity index (χ1v) is 3.30. The molecule has 0 bridgehead atoms. The Kier molecular flexibility index (Phi) is 1.95. The number of hydrogen-bond acceptors (Lipinski definition) is 4. The summed E-state index contributed by atoms with van der Waals surface area (Å²) >= 11 is 0. The van der Waals surface area contributed by atoms with Crippen LogP contribution >= 0.6 is 0 Å². The molecule has 0 aromatic carbocycles. The van der Waals surface area contributed by atoms with Crippen molar-refractivity contribution in [2.45, 2.75) is 13.0 Å². The Hall–Kier alpha value is -1.65. The molecule has 0 radical (unpaired) electrons. The van der Waals surface area contributed by atoms with Gasteiger partial charge in [0.2, 0.25) is 0 Å². The van der Waals surface area contributed by atoms with E-state index in [1.54, 1.807) is 0 Å². The van der Waals surface area contributed by atoms with E-state index in [1.807, 2.05) is 0 Å². The van der Waals surface area contributed by atoms with Gasteiger partial charge in [-0.2, -0.15) is 0 Å². The number of rotatable bonds is 2. The standard InChI is InChI=1S/C7H7NO4/c1-4(7(11)12)8-5(9)2-3-6(8)10/h2-4H,1H3,(H,11,12)/p-1/t4-/m1/s1. The predicted octanol–water partition coefficient (Wildman–Crippen LogP) is -1.95. The molecule has 1 heterocycles. The maximum absolute atomic E-state index is 10.9. The predicted molar refractivity (Wildman–Crippen MR) is 35.5 cm³/mol. The fourth-order valence-electron chi connectivity index (χ4n) is 0.899. The summed E-state index contributed by atoms with van der Waals surface area (Å²) in [6, 6.07) is -1.21. The number of carbonyl (C=O) groups is 3. The van der Waals surface area contributed by atoms with Gasteiger partial charge in [-0.05, 0) is 6.92 Å². The average Bonchev–Trinajstić information content (AvgIpc) is 2.30. The van der Waals surface area contributed by atoms with Crippen LogP contribution in [0, 0.1) is 0 Å².